The fraction of sp³-hybridized carbons (Fsp3) is 0.200. The maximum Gasteiger partial charge on any atom is 0.0836 e. The molecule has 17 heavy (non-hydrogen) atoms. The first-order chi connectivity index (χ1) is 8.08. The molecular weight excluding hydrogens is 251 g/mol. The predicted octanol–water partition coefficient (Wildman–Crippen LogP) is 5.29. The van der Waals surface area contributed by atoms with E-state index >= 15 is 0 Å². The van der Waals surface area contributed by atoms with Crippen molar-refractivity contribution in [2.45, 2.75) is 19.2 Å². The zero-order chi connectivity index (χ0) is 12.4. The van der Waals surface area contributed by atoms with E-state index in [0.717, 1.165) is 16.1 Å². The van der Waals surface area contributed by atoms with Crippen molar-refractivity contribution in [2.75, 3.05) is 0 Å². The molecule has 0 saturated carbocycles. The third-order valence-corrected chi connectivity index (χ3v) is 3.70. The summed E-state index contributed by atoms with van der Waals surface area (Å²) in [6.45, 7) is 4.20. The largest absolute Gasteiger partial charge is 0.113 e. The van der Waals surface area contributed by atoms with Gasteiger partial charge in [0.2, 0.25) is 0 Å². The van der Waals surface area contributed by atoms with E-state index in [1.165, 1.54) is 11.1 Å². The summed E-state index contributed by atoms with van der Waals surface area (Å²) < 4.78 is 0. The standard InChI is InChI=1S/C15H14Cl2/c1-10-6-7-13(8-11(10)2)15(17)12-4-3-5-14(16)9-12/h3-9,15H,1-2H3. The molecule has 1 atom stereocenters. The fourth-order valence-electron chi connectivity index (χ4n) is 1.78. The smallest absolute Gasteiger partial charge is 0.0836 e. The number of aryl methyl sites for hydroxylation is 2. The molecule has 0 saturated heterocycles. The SMILES string of the molecule is Cc1ccc(C(Cl)c2cccc(Cl)c2)cc1C. The summed E-state index contributed by atoms with van der Waals surface area (Å²) in [5.74, 6) is 0. The Morgan fingerprint density at radius 2 is 1.59 bits per heavy atom. The van der Waals surface area contributed by atoms with Crippen molar-refractivity contribution < 1.29 is 0 Å². The molecule has 0 heterocycles. The third-order valence-electron chi connectivity index (χ3n) is 2.96. The molecule has 0 aliphatic heterocycles. The Bertz CT molecular complexity index is 532. The molecule has 0 amide bonds. The molecule has 2 rings (SSSR count). The van der Waals surface area contributed by atoms with Crippen LogP contribution in [0.25, 0.3) is 0 Å². The monoisotopic (exact) mass is 264 g/mol. The summed E-state index contributed by atoms with van der Waals surface area (Å²) in [5.41, 5.74) is 4.68. The highest BCUT2D eigenvalue weighted by atomic mass is 35.5. The number of benzene rings is 2. The van der Waals surface area contributed by atoms with E-state index in [0.29, 0.717) is 0 Å². The van der Waals surface area contributed by atoms with Gasteiger partial charge in [-0.15, -0.1) is 11.6 Å². The zero-order valence-electron chi connectivity index (χ0n) is 9.87. The second-order valence-electron chi connectivity index (χ2n) is 4.26. The number of hydrogen-bond donors (Lipinski definition) is 0. The van der Waals surface area contributed by atoms with Crippen molar-refractivity contribution in [2.24, 2.45) is 0 Å². The van der Waals surface area contributed by atoms with Crippen LogP contribution < -0.4 is 0 Å². The van der Waals surface area contributed by atoms with E-state index in [2.05, 4.69) is 32.0 Å². The molecule has 0 nitrogen and oxygen atoms in total. The van der Waals surface area contributed by atoms with Gasteiger partial charge in [0.15, 0.2) is 0 Å². The van der Waals surface area contributed by atoms with Crippen LogP contribution >= 0.6 is 23.2 Å². The molecule has 2 aromatic carbocycles. The Morgan fingerprint density at radius 1 is 0.882 bits per heavy atom. The Labute approximate surface area is 112 Å². The van der Waals surface area contributed by atoms with Crippen LogP contribution in [0.2, 0.25) is 5.02 Å². The normalized spacial score (nSPS) is 12.5. The number of rotatable bonds is 2. The van der Waals surface area contributed by atoms with Gasteiger partial charge in [0.1, 0.15) is 0 Å². The average molecular weight is 265 g/mol. The number of alkyl halides is 1. The van der Waals surface area contributed by atoms with E-state index in [1.54, 1.807) is 0 Å². The van der Waals surface area contributed by atoms with Gasteiger partial charge >= 0.3 is 0 Å². The molecule has 0 spiro atoms. The van der Waals surface area contributed by atoms with E-state index in [-0.39, 0.29) is 5.38 Å². The Morgan fingerprint density at radius 3 is 2.24 bits per heavy atom. The van der Waals surface area contributed by atoms with Crippen LogP contribution in [0.15, 0.2) is 42.5 Å². The lowest BCUT2D eigenvalue weighted by Gasteiger charge is -2.12. The lowest BCUT2D eigenvalue weighted by Crippen LogP contribution is -1.94. The third kappa shape index (κ3) is 2.83. The molecule has 0 aliphatic rings. The highest BCUT2D eigenvalue weighted by Crippen LogP contribution is 2.31. The quantitative estimate of drug-likeness (QED) is 0.647. The minimum atomic E-state index is -0.145. The van der Waals surface area contributed by atoms with Crippen molar-refractivity contribution >= 4 is 23.2 Å². The maximum absolute atomic E-state index is 6.47. The summed E-state index contributed by atoms with van der Waals surface area (Å²) in [6.07, 6.45) is 0. The molecule has 88 valence electrons. The highest BCUT2D eigenvalue weighted by molar-refractivity contribution is 6.30. The van der Waals surface area contributed by atoms with Crippen molar-refractivity contribution in [1.82, 2.24) is 0 Å². The Balaban J connectivity index is 2.36. The van der Waals surface area contributed by atoms with Crippen LogP contribution in [0, 0.1) is 13.8 Å². The molecular formula is C15H14Cl2. The van der Waals surface area contributed by atoms with E-state index in [1.807, 2.05) is 24.3 Å². The van der Waals surface area contributed by atoms with Gasteiger partial charge in [0.25, 0.3) is 0 Å². The summed E-state index contributed by atoms with van der Waals surface area (Å²) >= 11 is 12.4. The lowest BCUT2D eigenvalue weighted by atomic mass is 10.00. The van der Waals surface area contributed by atoms with Crippen LogP contribution in [0.3, 0.4) is 0 Å². The molecule has 0 bridgehead atoms. The van der Waals surface area contributed by atoms with E-state index in [9.17, 15) is 0 Å². The summed E-state index contributed by atoms with van der Waals surface area (Å²) in [5, 5.41) is 0.574. The average Bonchev–Trinajstić information content (AvgIpc) is 2.32. The molecule has 1 unspecified atom stereocenters. The lowest BCUT2D eigenvalue weighted by molar-refractivity contribution is 1.12. The molecule has 0 radical (unpaired) electrons. The van der Waals surface area contributed by atoms with Crippen molar-refractivity contribution in [3.05, 3.63) is 69.7 Å². The van der Waals surface area contributed by atoms with Gasteiger partial charge in [0, 0.05) is 5.02 Å². The van der Waals surface area contributed by atoms with Crippen LogP contribution in [0.4, 0.5) is 0 Å². The van der Waals surface area contributed by atoms with Gasteiger partial charge in [-0.3, -0.25) is 0 Å². The van der Waals surface area contributed by atoms with E-state index < -0.39 is 0 Å². The van der Waals surface area contributed by atoms with Gasteiger partial charge in [-0.1, -0.05) is 41.9 Å². The van der Waals surface area contributed by atoms with Crippen molar-refractivity contribution in [3.8, 4) is 0 Å². The molecule has 2 aromatic rings. The van der Waals surface area contributed by atoms with Crippen LogP contribution in [0.5, 0.6) is 0 Å². The van der Waals surface area contributed by atoms with Gasteiger partial charge in [0.05, 0.1) is 5.38 Å². The van der Waals surface area contributed by atoms with Gasteiger partial charge in [-0.25, -0.2) is 0 Å². The first-order valence-corrected chi connectivity index (χ1v) is 6.36. The minimum Gasteiger partial charge on any atom is -0.113 e. The molecule has 2 heteroatoms. The number of hydrogen-bond acceptors (Lipinski definition) is 0. The molecule has 0 aromatic heterocycles. The first-order valence-electron chi connectivity index (χ1n) is 5.54. The summed E-state index contributed by atoms with van der Waals surface area (Å²) in [4.78, 5) is 0. The van der Waals surface area contributed by atoms with Gasteiger partial charge < -0.3 is 0 Å². The maximum atomic E-state index is 6.47. The fourth-order valence-corrected chi connectivity index (χ4v) is 2.25. The topological polar surface area (TPSA) is 0 Å². The van der Waals surface area contributed by atoms with Gasteiger partial charge in [-0.2, -0.15) is 0 Å². The molecule has 0 fully saturated rings. The predicted molar refractivity (Wildman–Crippen MR) is 75.1 cm³/mol. The first kappa shape index (κ1) is 12.5. The second kappa shape index (κ2) is 5.12. The van der Waals surface area contributed by atoms with Gasteiger partial charge in [-0.05, 0) is 48.2 Å². The van der Waals surface area contributed by atoms with E-state index in [4.69, 9.17) is 23.2 Å². The summed E-state index contributed by atoms with van der Waals surface area (Å²) in [6, 6.07) is 14.0. The van der Waals surface area contributed by atoms with Crippen molar-refractivity contribution in [1.29, 1.82) is 0 Å². The van der Waals surface area contributed by atoms with Crippen LogP contribution in [-0.2, 0) is 0 Å². The zero-order valence-corrected chi connectivity index (χ0v) is 11.4. The Hall–Kier alpha value is -0.980. The van der Waals surface area contributed by atoms with Crippen molar-refractivity contribution in [3.63, 3.8) is 0 Å². The minimum absolute atomic E-state index is 0.145. The molecule has 0 aliphatic carbocycles. The highest BCUT2D eigenvalue weighted by Gasteiger charge is 2.11. The van der Waals surface area contributed by atoms with Crippen LogP contribution in [0.1, 0.15) is 27.6 Å². The Kier molecular flexibility index (Phi) is 3.76. The molecule has 0 N–H and O–H groups in total. The summed E-state index contributed by atoms with van der Waals surface area (Å²) in [7, 11) is 0. The number of halogens is 2. The second-order valence-corrected chi connectivity index (χ2v) is 5.13. The van der Waals surface area contributed by atoms with Crippen LogP contribution in [-0.4, -0.2) is 0 Å².